The van der Waals surface area contributed by atoms with Crippen molar-refractivity contribution < 1.29 is 23.9 Å². The van der Waals surface area contributed by atoms with E-state index in [0.717, 1.165) is 0 Å². The van der Waals surface area contributed by atoms with E-state index in [9.17, 15) is 14.4 Å². The van der Waals surface area contributed by atoms with Crippen LogP contribution in [0.25, 0.3) is 0 Å². The summed E-state index contributed by atoms with van der Waals surface area (Å²) in [7, 11) is 0. The molecule has 0 aromatic heterocycles. The lowest BCUT2D eigenvalue weighted by Gasteiger charge is -2.31. The first-order valence-corrected chi connectivity index (χ1v) is 8.38. The Hall–Kier alpha value is -1.59. The Kier molecular flexibility index (Phi) is 7.03. The number of carbonyl (C=O) groups is 3. The second-order valence-electron chi connectivity index (χ2n) is 6.82. The van der Waals surface area contributed by atoms with Gasteiger partial charge in [0.2, 0.25) is 5.91 Å². The molecule has 6 nitrogen and oxygen atoms in total. The Balaban J connectivity index is 2.79. The highest BCUT2D eigenvalue weighted by Crippen LogP contribution is 2.23. The molecule has 0 aliphatic carbocycles. The minimum Gasteiger partial charge on any atom is -0.466 e. The number of esters is 2. The minimum atomic E-state index is -0.595. The van der Waals surface area contributed by atoms with Crippen LogP contribution < -0.4 is 0 Å². The van der Waals surface area contributed by atoms with Crippen LogP contribution in [0.15, 0.2) is 0 Å². The van der Waals surface area contributed by atoms with E-state index in [0.29, 0.717) is 32.4 Å². The average molecular weight is 327 g/mol. The van der Waals surface area contributed by atoms with E-state index in [2.05, 4.69) is 0 Å². The fraction of sp³-hybridized carbons (Fsp3) is 0.824. The molecule has 1 amide bonds. The van der Waals surface area contributed by atoms with Gasteiger partial charge in [0.05, 0.1) is 12.5 Å². The van der Waals surface area contributed by atoms with Gasteiger partial charge in [0, 0.05) is 13.0 Å². The molecule has 0 bridgehead atoms. The van der Waals surface area contributed by atoms with Crippen molar-refractivity contribution in [2.24, 2.45) is 5.92 Å². The van der Waals surface area contributed by atoms with Gasteiger partial charge in [0.1, 0.15) is 11.6 Å². The average Bonchev–Trinajstić information content (AvgIpc) is 2.61. The molecule has 2 unspecified atom stereocenters. The molecular formula is C17H29NO5. The molecule has 2 atom stereocenters. The quantitative estimate of drug-likeness (QED) is 0.725. The van der Waals surface area contributed by atoms with Gasteiger partial charge in [0.15, 0.2) is 0 Å². The van der Waals surface area contributed by atoms with Crippen molar-refractivity contribution in [3.05, 3.63) is 0 Å². The first kappa shape index (κ1) is 19.5. The Morgan fingerprint density at radius 3 is 2.43 bits per heavy atom. The zero-order chi connectivity index (χ0) is 17.6. The highest BCUT2D eigenvalue weighted by Gasteiger charge is 2.35. The van der Waals surface area contributed by atoms with Crippen molar-refractivity contribution in [1.82, 2.24) is 4.90 Å². The zero-order valence-corrected chi connectivity index (χ0v) is 14.9. The molecule has 132 valence electrons. The highest BCUT2D eigenvalue weighted by molar-refractivity contribution is 5.85. The molecule has 0 radical (unpaired) electrons. The van der Waals surface area contributed by atoms with Gasteiger partial charge >= 0.3 is 11.9 Å². The molecule has 0 aromatic rings. The van der Waals surface area contributed by atoms with Crippen LogP contribution in [-0.4, -0.2) is 47.5 Å². The van der Waals surface area contributed by atoms with Crippen LogP contribution >= 0.6 is 0 Å². The molecule has 0 aromatic carbocycles. The molecule has 1 aliphatic heterocycles. The second-order valence-corrected chi connectivity index (χ2v) is 6.82. The van der Waals surface area contributed by atoms with Gasteiger partial charge in [-0.25, -0.2) is 4.79 Å². The number of amides is 1. The third-order valence-electron chi connectivity index (χ3n) is 3.81. The van der Waals surface area contributed by atoms with Gasteiger partial charge in [-0.05, 0) is 47.0 Å². The van der Waals surface area contributed by atoms with Crippen molar-refractivity contribution in [3.8, 4) is 0 Å². The Labute approximate surface area is 138 Å². The summed E-state index contributed by atoms with van der Waals surface area (Å²) in [5, 5.41) is 0. The van der Waals surface area contributed by atoms with Crippen molar-refractivity contribution in [3.63, 3.8) is 0 Å². The maximum absolute atomic E-state index is 12.4. The fourth-order valence-corrected chi connectivity index (χ4v) is 2.71. The number of carbonyl (C=O) groups excluding carboxylic acids is 3. The predicted octanol–water partition coefficient (Wildman–Crippen LogP) is 2.30. The summed E-state index contributed by atoms with van der Waals surface area (Å²) in [4.78, 5) is 38.2. The molecule has 0 N–H and O–H groups in total. The summed E-state index contributed by atoms with van der Waals surface area (Å²) in [5.41, 5.74) is -0.590. The van der Waals surface area contributed by atoms with Gasteiger partial charge in [0.25, 0.3) is 0 Å². The monoisotopic (exact) mass is 327 g/mol. The van der Waals surface area contributed by atoms with Gasteiger partial charge in [-0.15, -0.1) is 0 Å². The lowest BCUT2D eigenvalue weighted by molar-refractivity contribution is -0.164. The molecule has 23 heavy (non-hydrogen) atoms. The van der Waals surface area contributed by atoms with Gasteiger partial charge in [-0.3, -0.25) is 9.59 Å². The summed E-state index contributed by atoms with van der Waals surface area (Å²) < 4.78 is 10.5. The van der Waals surface area contributed by atoms with Gasteiger partial charge < -0.3 is 14.4 Å². The number of nitrogens with zero attached hydrogens (tertiary/aromatic N) is 1. The normalized spacial score (nSPS) is 20.7. The van der Waals surface area contributed by atoms with E-state index in [1.165, 1.54) is 0 Å². The number of likely N-dealkylation sites (tertiary alicyclic amines) is 1. The smallest absolute Gasteiger partial charge is 0.329 e. The van der Waals surface area contributed by atoms with Crippen LogP contribution in [0.2, 0.25) is 0 Å². The van der Waals surface area contributed by atoms with Gasteiger partial charge in [-0.2, -0.15) is 0 Å². The molecule has 6 heteroatoms. The standard InChI is InChI=1S/C17H29NO5/c1-6-13(16(21)23-17(3,4)5)18-11-10-12(8-9-14(18)19)15(20)22-7-2/h12-13H,6-11H2,1-5H3. The first-order chi connectivity index (χ1) is 10.7. The van der Waals surface area contributed by atoms with Crippen molar-refractivity contribution in [2.75, 3.05) is 13.2 Å². The Morgan fingerprint density at radius 2 is 1.91 bits per heavy atom. The van der Waals surface area contributed by atoms with Crippen molar-refractivity contribution in [1.29, 1.82) is 0 Å². The summed E-state index contributed by atoms with van der Waals surface area (Å²) in [5.74, 6) is -1.02. The molecule has 1 saturated heterocycles. The Bertz CT molecular complexity index is 441. The minimum absolute atomic E-state index is 0.102. The third-order valence-corrected chi connectivity index (χ3v) is 3.81. The van der Waals surface area contributed by atoms with E-state index in [-0.39, 0.29) is 30.2 Å². The molecular weight excluding hydrogens is 298 g/mol. The van der Waals surface area contributed by atoms with Crippen molar-refractivity contribution in [2.45, 2.75) is 71.9 Å². The number of rotatable bonds is 5. The number of hydrogen-bond acceptors (Lipinski definition) is 5. The molecule has 1 fully saturated rings. The number of hydrogen-bond donors (Lipinski definition) is 0. The highest BCUT2D eigenvalue weighted by atomic mass is 16.6. The van der Waals surface area contributed by atoms with E-state index < -0.39 is 11.6 Å². The predicted molar refractivity (Wildman–Crippen MR) is 85.6 cm³/mol. The lowest BCUT2D eigenvalue weighted by Crippen LogP contribution is -2.47. The molecule has 0 saturated carbocycles. The zero-order valence-electron chi connectivity index (χ0n) is 14.9. The largest absolute Gasteiger partial charge is 0.466 e. The van der Waals surface area contributed by atoms with Crippen molar-refractivity contribution >= 4 is 17.8 Å². The van der Waals surface area contributed by atoms with Gasteiger partial charge in [-0.1, -0.05) is 6.92 Å². The SMILES string of the molecule is CCOC(=O)C1CCC(=O)N(C(CC)C(=O)OC(C)(C)C)CC1. The van der Waals surface area contributed by atoms with E-state index in [1.807, 2.05) is 6.92 Å². The van der Waals surface area contributed by atoms with Crippen LogP contribution in [-0.2, 0) is 23.9 Å². The molecule has 1 aliphatic rings. The third kappa shape index (κ3) is 5.84. The summed E-state index contributed by atoms with van der Waals surface area (Å²) >= 11 is 0. The molecule has 1 heterocycles. The number of ether oxygens (including phenoxy) is 2. The summed E-state index contributed by atoms with van der Waals surface area (Å²) in [6.07, 6.45) is 1.73. The fourth-order valence-electron chi connectivity index (χ4n) is 2.71. The van der Waals surface area contributed by atoms with E-state index >= 15 is 0 Å². The molecule has 0 spiro atoms. The van der Waals surface area contributed by atoms with E-state index in [4.69, 9.17) is 9.47 Å². The van der Waals surface area contributed by atoms with Crippen LogP contribution in [0, 0.1) is 5.92 Å². The maximum Gasteiger partial charge on any atom is 0.329 e. The first-order valence-electron chi connectivity index (χ1n) is 8.38. The lowest BCUT2D eigenvalue weighted by atomic mass is 10.0. The summed E-state index contributed by atoms with van der Waals surface area (Å²) in [6.45, 7) is 9.75. The van der Waals surface area contributed by atoms with Crippen LogP contribution in [0.1, 0.15) is 60.3 Å². The molecule has 1 rings (SSSR count). The summed E-state index contributed by atoms with van der Waals surface area (Å²) in [6, 6.07) is -0.595. The van der Waals surface area contributed by atoms with Crippen LogP contribution in [0.4, 0.5) is 0 Å². The second kappa shape index (κ2) is 8.31. The van der Waals surface area contributed by atoms with Crippen LogP contribution in [0.3, 0.4) is 0 Å². The van der Waals surface area contributed by atoms with E-state index in [1.54, 1.807) is 32.6 Å². The maximum atomic E-state index is 12.4. The Morgan fingerprint density at radius 1 is 1.26 bits per heavy atom. The topological polar surface area (TPSA) is 72.9 Å². The van der Waals surface area contributed by atoms with Crippen LogP contribution in [0.5, 0.6) is 0 Å².